The normalized spacial score (nSPS) is 19.8. The van der Waals surface area contributed by atoms with Gasteiger partial charge in [0.15, 0.2) is 5.65 Å². The molecule has 0 radical (unpaired) electrons. The van der Waals surface area contributed by atoms with Crippen molar-refractivity contribution in [3.05, 3.63) is 54.5 Å². The molecule has 4 rings (SSSR count). The van der Waals surface area contributed by atoms with Crippen molar-refractivity contribution in [3.63, 3.8) is 0 Å². The number of hydrogen-bond donors (Lipinski definition) is 1. The second-order valence-electron chi connectivity index (χ2n) is 8.32. The Bertz CT molecular complexity index is 1300. The zero-order valence-electron chi connectivity index (χ0n) is 17.7. The molecule has 0 unspecified atom stereocenters. The highest BCUT2D eigenvalue weighted by molar-refractivity contribution is 7.89. The number of benzene rings is 1. The third-order valence-electron chi connectivity index (χ3n) is 6.06. The highest BCUT2D eigenvalue weighted by atomic mass is 32.2. The topological polar surface area (TPSA) is 122 Å². The van der Waals surface area contributed by atoms with Crippen LogP contribution in [-0.4, -0.2) is 54.2 Å². The predicted octanol–water partition coefficient (Wildman–Crippen LogP) is 2.69. The molecule has 32 heavy (non-hydrogen) atoms. The van der Waals surface area contributed by atoms with E-state index in [0.717, 1.165) is 12.8 Å². The van der Waals surface area contributed by atoms with Crippen molar-refractivity contribution < 1.29 is 21.4 Å². The third kappa shape index (κ3) is 4.94. The van der Waals surface area contributed by atoms with Gasteiger partial charge < -0.3 is 4.90 Å². The van der Waals surface area contributed by atoms with Crippen LogP contribution in [0.5, 0.6) is 0 Å². The lowest BCUT2D eigenvalue weighted by Gasteiger charge is -2.35. The average molecular weight is 479 g/mol. The van der Waals surface area contributed by atoms with Crippen molar-refractivity contribution in [1.29, 1.82) is 0 Å². The van der Waals surface area contributed by atoms with E-state index in [0.29, 0.717) is 35.3 Å². The van der Waals surface area contributed by atoms with Gasteiger partial charge in [0.2, 0.25) is 10.0 Å². The number of aromatic nitrogens is 3. The Hall–Kier alpha value is -2.50. The monoisotopic (exact) mass is 478 g/mol. The van der Waals surface area contributed by atoms with Crippen LogP contribution in [0.1, 0.15) is 31.2 Å². The van der Waals surface area contributed by atoms with Gasteiger partial charge in [0.1, 0.15) is 12.1 Å². The van der Waals surface area contributed by atoms with E-state index in [4.69, 9.17) is 4.55 Å². The second kappa shape index (κ2) is 8.80. The van der Waals surface area contributed by atoms with Crippen LogP contribution in [0.4, 0.5) is 5.82 Å². The van der Waals surface area contributed by atoms with Crippen molar-refractivity contribution in [2.24, 2.45) is 5.92 Å². The van der Waals surface area contributed by atoms with Crippen molar-refractivity contribution in [3.8, 4) is 0 Å². The standard InChI is InChI=1S/C21H26N4O5S2/c1-24(18-9-7-17(8-10-18)14-32(28,29)30)20-19-11-12-25(21(19)23-15-22-20)31(26,27)13-16-5-3-2-4-6-16/h2-6,11-12,15,17-18H,7-10,13-14H2,1H3,(H,28,29,30)/t17-,18-. The molecule has 0 aliphatic heterocycles. The first-order valence-electron chi connectivity index (χ1n) is 10.4. The quantitative estimate of drug-likeness (QED) is 0.514. The van der Waals surface area contributed by atoms with Crippen molar-refractivity contribution in [1.82, 2.24) is 13.9 Å². The van der Waals surface area contributed by atoms with Gasteiger partial charge in [0, 0.05) is 19.3 Å². The number of nitrogens with zero attached hydrogens (tertiary/aromatic N) is 4. The van der Waals surface area contributed by atoms with Crippen LogP contribution < -0.4 is 4.90 Å². The molecule has 1 saturated carbocycles. The van der Waals surface area contributed by atoms with Gasteiger partial charge in [-0.05, 0) is 43.2 Å². The van der Waals surface area contributed by atoms with Crippen LogP contribution >= 0.6 is 0 Å². The maximum Gasteiger partial charge on any atom is 0.265 e. The Morgan fingerprint density at radius 3 is 2.38 bits per heavy atom. The largest absolute Gasteiger partial charge is 0.356 e. The van der Waals surface area contributed by atoms with Gasteiger partial charge in [-0.1, -0.05) is 30.3 Å². The minimum absolute atomic E-state index is 0.0516. The molecule has 3 aromatic rings. The fourth-order valence-corrected chi connectivity index (χ4v) is 6.78. The summed E-state index contributed by atoms with van der Waals surface area (Å²) < 4.78 is 58.7. The third-order valence-corrected chi connectivity index (χ3v) is 8.55. The van der Waals surface area contributed by atoms with E-state index in [9.17, 15) is 16.8 Å². The summed E-state index contributed by atoms with van der Waals surface area (Å²) in [5.74, 6) is 0.250. The van der Waals surface area contributed by atoms with Crippen LogP contribution in [0.2, 0.25) is 0 Å². The summed E-state index contributed by atoms with van der Waals surface area (Å²) in [5.41, 5.74) is 1.03. The minimum Gasteiger partial charge on any atom is -0.356 e. The fraction of sp³-hybridized carbons (Fsp3) is 0.429. The molecule has 1 N–H and O–H groups in total. The van der Waals surface area contributed by atoms with E-state index in [2.05, 4.69) is 9.97 Å². The Kier molecular flexibility index (Phi) is 6.24. The molecule has 11 heteroatoms. The van der Waals surface area contributed by atoms with Crippen LogP contribution in [0.25, 0.3) is 11.0 Å². The molecular formula is C21H26N4O5S2. The molecule has 172 valence electrons. The van der Waals surface area contributed by atoms with Gasteiger partial charge in [-0.15, -0.1) is 0 Å². The Labute approximate surface area is 187 Å². The van der Waals surface area contributed by atoms with Crippen LogP contribution in [0.15, 0.2) is 48.9 Å². The molecule has 2 heterocycles. The zero-order valence-corrected chi connectivity index (χ0v) is 19.3. The molecule has 0 bridgehead atoms. The van der Waals surface area contributed by atoms with Crippen molar-refractivity contribution in [2.75, 3.05) is 17.7 Å². The molecule has 1 aliphatic carbocycles. The lowest BCUT2D eigenvalue weighted by Crippen LogP contribution is -2.37. The maximum atomic E-state index is 13.0. The fourth-order valence-electron chi connectivity index (χ4n) is 4.44. The summed E-state index contributed by atoms with van der Waals surface area (Å²) >= 11 is 0. The summed E-state index contributed by atoms with van der Waals surface area (Å²) in [6, 6.07) is 10.8. The van der Waals surface area contributed by atoms with Gasteiger partial charge in [-0.2, -0.15) is 8.42 Å². The number of fused-ring (bicyclic) bond motifs is 1. The Morgan fingerprint density at radius 1 is 1.03 bits per heavy atom. The minimum atomic E-state index is -3.97. The Morgan fingerprint density at radius 2 is 1.72 bits per heavy atom. The van der Waals surface area contributed by atoms with Crippen molar-refractivity contribution in [2.45, 2.75) is 37.5 Å². The number of hydrogen-bond acceptors (Lipinski definition) is 7. The molecule has 2 aromatic heterocycles. The summed E-state index contributed by atoms with van der Waals surface area (Å²) in [6.07, 6.45) is 5.78. The first-order valence-corrected chi connectivity index (χ1v) is 13.6. The zero-order chi connectivity index (χ0) is 22.9. The van der Waals surface area contributed by atoms with Crippen molar-refractivity contribution >= 4 is 37.0 Å². The van der Waals surface area contributed by atoms with Gasteiger partial charge in [0.25, 0.3) is 10.1 Å². The van der Waals surface area contributed by atoms with Gasteiger partial charge in [-0.3, -0.25) is 4.55 Å². The molecule has 1 fully saturated rings. The molecule has 9 nitrogen and oxygen atoms in total. The highest BCUT2D eigenvalue weighted by Gasteiger charge is 2.29. The summed E-state index contributed by atoms with van der Waals surface area (Å²) in [4.78, 5) is 10.7. The van der Waals surface area contributed by atoms with E-state index in [1.807, 2.05) is 18.0 Å². The average Bonchev–Trinajstić information content (AvgIpc) is 3.18. The van der Waals surface area contributed by atoms with E-state index in [1.54, 1.807) is 30.3 Å². The summed E-state index contributed by atoms with van der Waals surface area (Å²) in [6.45, 7) is 0. The summed E-state index contributed by atoms with van der Waals surface area (Å²) in [7, 11) is -5.72. The molecule has 1 aromatic carbocycles. The Balaban J connectivity index is 1.56. The van der Waals surface area contributed by atoms with E-state index in [1.165, 1.54) is 16.5 Å². The highest BCUT2D eigenvalue weighted by Crippen LogP contribution is 2.32. The smallest absolute Gasteiger partial charge is 0.265 e. The molecule has 0 saturated heterocycles. The molecular weight excluding hydrogens is 452 g/mol. The predicted molar refractivity (Wildman–Crippen MR) is 123 cm³/mol. The number of anilines is 1. The van der Waals surface area contributed by atoms with Crippen LogP contribution in [0, 0.1) is 5.92 Å². The maximum absolute atomic E-state index is 13.0. The van der Waals surface area contributed by atoms with Gasteiger partial charge in [0.05, 0.1) is 16.9 Å². The molecule has 1 aliphatic rings. The van der Waals surface area contributed by atoms with E-state index < -0.39 is 20.1 Å². The SMILES string of the molecule is CN(c1ncnc2c1ccn2S(=O)(=O)Cc1ccccc1)[C@H]1CC[C@H](CS(=O)(=O)O)CC1. The molecule has 0 amide bonds. The van der Waals surface area contributed by atoms with Crippen LogP contribution in [-0.2, 0) is 25.9 Å². The number of rotatable bonds is 7. The molecule has 0 atom stereocenters. The van der Waals surface area contributed by atoms with E-state index >= 15 is 0 Å². The lowest BCUT2D eigenvalue weighted by molar-refractivity contribution is 0.335. The van der Waals surface area contributed by atoms with Gasteiger partial charge >= 0.3 is 0 Å². The van der Waals surface area contributed by atoms with E-state index in [-0.39, 0.29) is 23.5 Å². The van der Waals surface area contributed by atoms with Gasteiger partial charge in [-0.25, -0.2) is 22.4 Å². The summed E-state index contributed by atoms with van der Waals surface area (Å²) in [5, 5.41) is 0.645. The lowest BCUT2D eigenvalue weighted by atomic mass is 9.86. The second-order valence-corrected chi connectivity index (χ2v) is 11.7. The van der Waals surface area contributed by atoms with Crippen LogP contribution in [0.3, 0.4) is 0 Å². The molecule has 0 spiro atoms. The first-order chi connectivity index (χ1) is 15.1. The first kappa shape index (κ1) is 22.7.